The zero-order valence-corrected chi connectivity index (χ0v) is 14.2. The quantitative estimate of drug-likeness (QED) is 0.797. The molecule has 1 unspecified atom stereocenters. The molecule has 0 aromatic heterocycles. The molecule has 0 spiro atoms. The van der Waals surface area contributed by atoms with Crippen LogP contribution in [0, 0.1) is 19.7 Å². The third-order valence-corrected chi connectivity index (χ3v) is 4.29. The number of methoxy groups -OCH3 is 1. The zero-order valence-electron chi connectivity index (χ0n) is 12.6. The predicted molar refractivity (Wildman–Crippen MR) is 88.6 cm³/mol. The Morgan fingerprint density at radius 3 is 2.52 bits per heavy atom. The summed E-state index contributed by atoms with van der Waals surface area (Å²) in [5.41, 5.74) is 4.20. The lowest BCUT2D eigenvalue weighted by Gasteiger charge is -2.20. The van der Waals surface area contributed by atoms with Gasteiger partial charge in [0.25, 0.3) is 0 Å². The van der Waals surface area contributed by atoms with Crippen LogP contribution in [-0.2, 0) is 0 Å². The van der Waals surface area contributed by atoms with Gasteiger partial charge in [0, 0.05) is 21.8 Å². The Hall–Kier alpha value is -1.55. The number of hydrogen-bond acceptors (Lipinski definition) is 2. The van der Waals surface area contributed by atoms with Crippen LogP contribution in [0.2, 0.25) is 0 Å². The number of rotatable bonds is 4. The second-order valence-corrected chi connectivity index (χ2v) is 5.97. The average molecular weight is 352 g/mol. The summed E-state index contributed by atoms with van der Waals surface area (Å²) in [6.07, 6.45) is 0. The fraction of sp³-hybridized carbons (Fsp3) is 0.294. The minimum atomic E-state index is -0.244. The highest BCUT2D eigenvalue weighted by atomic mass is 79.9. The summed E-state index contributed by atoms with van der Waals surface area (Å²) in [6, 6.07) is 8.86. The van der Waals surface area contributed by atoms with Gasteiger partial charge in [-0.15, -0.1) is 0 Å². The summed E-state index contributed by atoms with van der Waals surface area (Å²) in [6.45, 7) is 6.10. The SMILES string of the molecule is COc1c(C)ccc(NC(C)c2ccc(F)cc2Br)c1C. The molecule has 2 nitrogen and oxygen atoms in total. The van der Waals surface area contributed by atoms with Gasteiger partial charge in [0.05, 0.1) is 7.11 Å². The van der Waals surface area contributed by atoms with E-state index in [1.54, 1.807) is 13.2 Å². The first-order valence-corrected chi connectivity index (χ1v) is 7.59. The maximum Gasteiger partial charge on any atom is 0.126 e. The van der Waals surface area contributed by atoms with Crippen molar-refractivity contribution in [3.8, 4) is 5.75 Å². The molecular weight excluding hydrogens is 333 g/mol. The van der Waals surface area contributed by atoms with Crippen molar-refractivity contribution in [2.75, 3.05) is 12.4 Å². The molecule has 2 rings (SSSR count). The molecule has 2 aromatic rings. The van der Waals surface area contributed by atoms with Gasteiger partial charge in [0.2, 0.25) is 0 Å². The third kappa shape index (κ3) is 3.38. The standard InChI is InChI=1S/C17H19BrFNO/c1-10-5-8-16(11(2)17(10)21-4)20-12(3)14-7-6-13(19)9-15(14)18/h5-9,12,20H,1-4H3. The molecule has 21 heavy (non-hydrogen) atoms. The van der Waals surface area contributed by atoms with Crippen molar-refractivity contribution in [2.24, 2.45) is 0 Å². The number of anilines is 1. The van der Waals surface area contributed by atoms with Crippen LogP contribution in [0.3, 0.4) is 0 Å². The molecular formula is C17H19BrFNO. The molecule has 4 heteroatoms. The van der Waals surface area contributed by atoms with Gasteiger partial charge in [0.15, 0.2) is 0 Å². The van der Waals surface area contributed by atoms with Gasteiger partial charge in [-0.25, -0.2) is 4.39 Å². The van der Waals surface area contributed by atoms with E-state index < -0.39 is 0 Å². The Morgan fingerprint density at radius 1 is 1.19 bits per heavy atom. The predicted octanol–water partition coefficient (Wildman–Crippen LogP) is 5.39. The van der Waals surface area contributed by atoms with Crippen molar-refractivity contribution in [1.82, 2.24) is 0 Å². The van der Waals surface area contributed by atoms with Gasteiger partial charge in [-0.3, -0.25) is 0 Å². The molecule has 1 N–H and O–H groups in total. The average Bonchev–Trinajstić information content (AvgIpc) is 2.42. The topological polar surface area (TPSA) is 21.3 Å². The van der Waals surface area contributed by atoms with E-state index in [1.165, 1.54) is 12.1 Å². The largest absolute Gasteiger partial charge is 0.496 e. The first-order valence-electron chi connectivity index (χ1n) is 6.79. The second-order valence-electron chi connectivity index (χ2n) is 5.12. The van der Waals surface area contributed by atoms with E-state index in [4.69, 9.17) is 4.74 Å². The van der Waals surface area contributed by atoms with E-state index in [1.807, 2.05) is 32.9 Å². The molecule has 0 aliphatic rings. The number of ether oxygens (including phenoxy) is 1. The summed E-state index contributed by atoms with van der Waals surface area (Å²) < 4.78 is 19.4. The molecule has 0 saturated heterocycles. The highest BCUT2D eigenvalue weighted by Crippen LogP contribution is 2.33. The molecule has 0 aliphatic carbocycles. The van der Waals surface area contributed by atoms with Gasteiger partial charge < -0.3 is 10.1 Å². The summed E-state index contributed by atoms with van der Waals surface area (Å²) >= 11 is 3.41. The van der Waals surface area contributed by atoms with Crippen molar-refractivity contribution in [2.45, 2.75) is 26.8 Å². The summed E-state index contributed by atoms with van der Waals surface area (Å²) in [5.74, 6) is 0.649. The summed E-state index contributed by atoms with van der Waals surface area (Å²) in [4.78, 5) is 0. The molecule has 2 aromatic carbocycles. The fourth-order valence-corrected chi connectivity index (χ4v) is 3.16. The highest BCUT2D eigenvalue weighted by molar-refractivity contribution is 9.10. The van der Waals surface area contributed by atoms with Gasteiger partial charge in [-0.05, 0) is 50.1 Å². The van der Waals surface area contributed by atoms with Crippen LogP contribution in [0.1, 0.15) is 29.7 Å². The molecule has 0 fully saturated rings. The Morgan fingerprint density at radius 2 is 1.90 bits per heavy atom. The Balaban J connectivity index is 2.29. The van der Waals surface area contributed by atoms with Gasteiger partial charge >= 0.3 is 0 Å². The molecule has 0 aliphatic heterocycles. The summed E-state index contributed by atoms with van der Waals surface area (Å²) in [7, 11) is 1.68. The Labute approximate surface area is 133 Å². The monoisotopic (exact) mass is 351 g/mol. The minimum absolute atomic E-state index is 0.0473. The van der Waals surface area contributed by atoms with Crippen LogP contribution < -0.4 is 10.1 Å². The van der Waals surface area contributed by atoms with Crippen LogP contribution >= 0.6 is 15.9 Å². The third-order valence-electron chi connectivity index (χ3n) is 3.61. The molecule has 0 saturated carbocycles. The maximum absolute atomic E-state index is 13.2. The van der Waals surface area contributed by atoms with Gasteiger partial charge in [-0.1, -0.05) is 28.1 Å². The number of nitrogens with one attached hydrogen (secondary N) is 1. The van der Waals surface area contributed by atoms with E-state index in [2.05, 4.69) is 21.2 Å². The zero-order chi connectivity index (χ0) is 15.6. The van der Waals surface area contributed by atoms with Crippen LogP contribution in [0.25, 0.3) is 0 Å². The van der Waals surface area contributed by atoms with Crippen LogP contribution in [-0.4, -0.2) is 7.11 Å². The molecule has 0 amide bonds. The Kier molecular flexibility index (Phi) is 4.88. The first-order chi connectivity index (χ1) is 9.93. The highest BCUT2D eigenvalue weighted by Gasteiger charge is 2.13. The van der Waals surface area contributed by atoms with E-state index in [9.17, 15) is 4.39 Å². The first kappa shape index (κ1) is 15.8. The fourth-order valence-electron chi connectivity index (χ4n) is 2.46. The van der Waals surface area contributed by atoms with Crippen molar-refractivity contribution in [3.63, 3.8) is 0 Å². The van der Waals surface area contributed by atoms with Crippen molar-refractivity contribution >= 4 is 21.6 Å². The lowest BCUT2D eigenvalue weighted by atomic mass is 10.1. The molecule has 0 heterocycles. The van der Waals surface area contributed by atoms with Crippen molar-refractivity contribution in [3.05, 3.63) is 57.3 Å². The van der Waals surface area contributed by atoms with Crippen molar-refractivity contribution < 1.29 is 9.13 Å². The lowest BCUT2D eigenvalue weighted by Crippen LogP contribution is -2.09. The molecule has 112 valence electrons. The number of hydrogen-bond donors (Lipinski definition) is 1. The smallest absolute Gasteiger partial charge is 0.126 e. The molecule has 1 atom stereocenters. The lowest BCUT2D eigenvalue weighted by molar-refractivity contribution is 0.409. The minimum Gasteiger partial charge on any atom is -0.496 e. The van der Waals surface area contributed by atoms with Crippen molar-refractivity contribution in [1.29, 1.82) is 0 Å². The molecule has 0 radical (unpaired) electrons. The van der Waals surface area contributed by atoms with E-state index in [0.29, 0.717) is 0 Å². The van der Waals surface area contributed by atoms with E-state index in [0.717, 1.165) is 32.6 Å². The van der Waals surface area contributed by atoms with Gasteiger partial charge in [-0.2, -0.15) is 0 Å². The van der Waals surface area contributed by atoms with E-state index in [-0.39, 0.29) is 11.9 Å². The normalized spacial score (nSPS) is 12.1. The van der Waals surface area contributed by atoms with E-state index >= 15 is 0 Å². The van der Waals surface area contributed by atoms with Crippen LogP contribution in [0.5, 0.6) is 5.75 Å². The van der Waals surface area contributed by atoms with Crippen LogP contribution in [0.15, 0.2) is 34.8 Å². The molecule has 0 bridgehead atoms. The number of halogens is 2. The number of aryl methyl sites for hydroxylation is 1. The Bertz CT molecular complexity index is 657. The number of benzene rings is 2. The van der Waals surface area contributed by atoms with Gasteiger partial charge in [0.1, 0.15) is 11.6 Å². The summed E-state index contributed by atoms with van der Waals surface area (Å²) in [5, 5.41) is 3.46. The maximum atomic E-state index is 13.2. The van der Waals surface area contributed by atoms with Crippen LogP contribution in [0.4, 0.5) is 10.1 Å². The second kappa shape index (κ2) is 6.48.